The van der Waals surface area contributed by atoms with Crippen molar-refractivity contribution in [2.24, 2.45) is 0 Å². The highest BCUT2D eigenvalue weighted by atomic mass is 16.5. The molecule has 0 aliphatic rings. The Labute approximate surface area is 88.1 Å². The number of pyridine rings is 1. The Hall–Kier alpha value is -1.62. The fraction of sp³-hybridized carbons (Fsp3) is 0.400. The molecule has 0 radical (unpaired) electrons. The maximum Gasteiger partial charge on any atom is 0.334 e. The fourth-order valence-electron chi connectivity index (χ4n) is 1.04. The van der Waals surface area contributed by atoms with Crippen molar-refractivity contribution in [2.75, 3.05) is 19.0 Å². The minimum absolute atomic E-state index is 0.196. The van der Waals surface area contributed by atoms with E-state index in [0.717, 1.165) is 5.56 Å². The number of aliphatic carboxylic acids is 1. The molecule has 0 spiro atoms. The summed E-state index contributed by atoms with van der Waals surface area (Å²) >= 11 is 0. The molecule has 1 unspecified atom stereocenters. The van der Waals surface area contributed by atoms with E-state index in [9.17, 15) is 4.79 Å². The molecule has 1 aromatic rings. The van der Waals surface area contributed by atoms with Crippen LogP contribution in [0.4, 0.5) is 5.82 Å². The van der Waals surface area contributed by atoms with Crippen LogP contribution in [0.15, 0.2) is 18.3 Å². The molecule has 0 aromatic carbocycles. The minimum atomic E-state index is -0.989. The normalized spacial score (nSPS) is 12.1. The molecule has 1 aromatic heterocycles. The van der Waals surface area contributed by atoms with Gasteiger partial charge in [0.25, 0.3) is 0 Å². The van der Waals surface area contributed by atoms with Gasteiger partial charge in [0.05, 0.1) is 6.54 Å². The van der Waals surface area contributed by atoms with Gasteiger partial charge in [-0.25, -0.2) is 9.78 Å². The molecule has 0 saturated carbocycles. The van der Waals surface area contributed by atoms with Gasteiger partial charge in [0, 0.05) is 13.3 Å². The number of hydrogen-bond acceptors (Lipinski definition) is 4. The van der Waals surface area contributed by atoms with Crippen LogP contribution in [-0.2, 0) is 9.53 Å². The van der Waals surface area contributed by atoms with Gasteiger partial charge in [-0.05, 0) is 18.6 Å². The average molecular weight is 210 g/mol. The van der Waals surface area contributed by atoms with Crippen LogP contribution >= 0.6 is 0 Å². The molecule has 5 nitrogen and oxygen atoms in total. The lowest BCUT2D eigenvalue weighted by Gasteiger charge is -2.11. The van der Waals surface area contributed by atoms with Crippen LogP contribution in [-0.4, -0.2) is 35.8 Å². The van der Waals surface area contributed by atoms with Crippen molar-refractivity contribution in [1.29, 1.82) is 0 Å². The first-order valence-electron chi connectivity index (χ1n) is 4.55. The number of carbonyl (C=O) groups is 1. The van der Waals surface area contributed by atoms with E-state index in [1.165, 1.54) is 7.11 Å². The SMILES string of the molecule is COC(CNc1ccc(C)cn1)C(=O)O. The molecule has 5 heteroatoms. The second-order valence-electron chi connectivity index (χ2n) is 3.16. The van der Waals surface area contributed by atoms with Crippen LogP contribution in [0.25, 0.3) is 0 Å². The third kappa shape index (κ3) is 3.55. The molecule has 0 fully saturated rings. The van der Waals surface area contributed by atoms with Gasteiger partial charge >= 0.3 is 5.97 Å². The van der Waals surface area contributed by atoms with Gasteiger partial charge in [-0.1, -0.05) is 6.07 Å². The average Bonchev–Trinajstić information content (AvgIpc) is 2.21. The van der Waals surface area contributed by atoms with Crippen molar-refractivity contribution in [2.45, 2.75) is 13.0 Å². The summed E-state index contributed by atoms with van der Waals surface area (Å²) in [5.74, 6) is -0.346. The second kappa shape index (κ2) is 5.31. The highest BCUT2D eigenvalue weighted by Gasteiger charge is 2.15. The van der Waals surface area contributed by atoms with Crippen molar-refractivity contribution in [3.63, 3.8) is 0 Å². The summed E-state index contributed by atoms with van der Waals surface area (Å²) in [7, 11) is 1.36. The van der Waals surface area contributed by atoms with Crippen LogP contribution in [0, 0.1) is 6.92 Å². The van der Waals surface area contributed by atoms with E-state index in [4.69, 9.17) is 9.84 Å². The maximum atomic E-state index is 10.6. The third-order valence-electron chi connectivity index (χ3n) is 1.94. The largest absolute Gasteiger partial charge is 0.479 e. The Morgan fingerprint density at radius 2 is 2.40 bits per heavy atom. The Balaban J connectivity index is 2.49. The quantitative estimate of drug-likeness (QED) is 0.755. The number of nitrogens with zero attached hydrogens (tertiary/aromatic N) is 1. The zero-order valence-electron chi connectivity index (χ0n) is 8.73. The van der Waals surface area contributed by atoms with Gasteiger partial charge in [0.1, 0.15) is 5.82 Å². The molecule has 0 amide bonds. The summed E-state index contributed by atoms with van der Waals surface area (Å²) in [5.41, 5.74) is 1.06. The summed E-state index contributed by atoms with van der Waals surface area (Å²) in [5, 5.41) is 11.6. The molecular weight excluding hydrogens is 196 g/mol. The van der Waals surface area contributed by atoms with Crippen LogP contribution in [0.3, 0.4) is 0 Å². The zero-order chi connectivity index (χ0) is 11.3. The van der Waals surface area contributed by atoms with E-state index in [1.54, 1.807) is 12.3 Å². The van der Waals surface area contributed by atoms with Crippen molar-refractivity contribution in [1.82, 2.24) is 4.98 Å². The molecular formula is C10H14N2O3. The van der Waals surface area contributed by atoms with Crippen LogP contribution < -0.4 is 5.32 Å². The van der Waals surface area contributed by atoms with Gasteiger partial charge in [0.15, 0.2) is 6.10 Å². The van der Waals surface area contributed by atoms with Crippen molar-refractivity contribution < 1.29 is 14.6 Å². The predicted octanol–water partition coefficient (Wildman–Crippen LogP) is 0.902. The molecule has 2 N–H and O–H groups in total. The van der Waals surface area contributed by atoms with E-state index in [0.29, 0.717) is 5.82 Å². The Morgan fingerprint density at radius 3 is 2.87 bits per heavy atom. The first kappa shape index (κ1) is 11.5. The molecule has 82 valence electrons. The first-order chi connectivity index (χ1) is 7.13. The van der Waals surface area contributed by atoms with Crippen LogP contribution in [0.5, 0.6) is 0 Å². The lowest BCUT2D eigenvalue weighted by Crippen LogP contribution is -2.30. The summed E-state index contributed by atoms with van der Waals surface area (Å²) < 4.78 is 4.77. The lowest BCUT2D eigenvalue weighted by molar-refractivity contribution is -0.147. The highest BCUT2D eigenvalue weighted by Crippen LogP contribution is 2.04. The number of rotatable bonds is 5. The van der Waals surface area contributed by atoms with Crippen molar-refractivity contribution >= 4 is 11.8 Å². The van der Waals surface area contributed by atoms with Gasteiger partial charge in [-0.2, -0.15) is 0 Å². The molecule has 1 rings (SSSR count). The summed E-state index contributed by atoms with van der Waals surface area (Å²) in [6.07, 6.45) is 0.860. The van der Waals surface area contributed by atoms with Gasteiger partial charge in [-0.3, -0.25) is 0 Å². The second-order valence-corrected chi connectivity index (χ2v) is 3.16. The number of hydrogen-bond donors (Lipinski definition) is 2. The number of methoxy groups -OCH3 is 1. The van der Waals surface area contributed by atoms with E-state index in [1.807, 2.05) is 13.0 Å². The van der Waals surface area contributed by atoms with Gasteiger partial charge in [-0.15, -0.1) is 0 Å². The molecule has 0 saturated heterocycles. The third-order valence-corrected chi connectivity index (χ3v) is 1.94. The fourth-order valence-corrected chi connectivity index (χ4v) is 1.04. The standard InChI is InChI=1S/C10H14N2O3/c1-7-3-4-9(11-5-7)12-6-8(15-2)10(13)14/h3-5,8H,6H2,1-2H3,(H,11,12)(H,13,14). The number of carboxylic acid groups (broad SMARTS) is 1. The highest BCUT2D eigenvalue weighted by molar-refractivity contribution is 5.73. The molecule has 0 aliphatic carbocycles. The Bertz CT molecular complexity index is 324. The van der Waals surface area contributed by atoms with E-state index < -0.39 is 12.1 Å². The Morgan fingerprint density at radius 1 is 1.67 bits per heavy atom. The topological polar surface area (TPSA) is 71.5 Å². The summed E-state index contributed by atoms with van der Waals surface area (Å²) in [6, 6.07) is 3.70. The van der Waals surface area contributed by atoms with Gasteiger partial charge < -0.3 is 15.2 Å². The number of aromatic nitrogens is 1. The maximum absolute atomic E-state index is 10.6. The van der Waals surface area contributed by atoms with Crippen molar-refractivity contribution in [3.8, 4) is 0 Å². The smallest absolute Gasteiger partial charge is 0.334 e. The minimum Gasteiger partial charge on any atom is -0.479 e. The number of ether oxygens (including phenoxy) is 1. The molecule has 1 heterocycles. The summed E-state index contributed by atoms with van der Waals surface area (Å²) in [6.45, 7) is 2.13. The van der Waals surface area contributed by atoms with Crippen LogP contribution in [0.1, 0.15) is 5.56 Å². The van der Waals surface area contributed by atoms with Crippen molar-refractivity contribution in [3.05, 3.63) is 23.9 Å². The molecule has 15 heavy (non-hydrogen) atoms. The number of nitrogens with one attached hydrogen (secondary N) is 1. The zero-order valence-corrected chi connectivity index (χ0v) is 8.73. The summed E-state index contributed by atoms with van der Waals surface area (Å²) in [4.78, 5) is 14.7. The number of carboxylic acids is 1. The molecule has 0 bridgehead atoms. The van der Waals surface area contributed by atoms with E-state index in [2.05, 4.69) is 10.3 Å². The monoisotopic (exact) mass is 210 g/mol. The number of anilines is 1. The predicted molar refractivity (Wildman–Crippen MR) is 55.9 cm³/mol. The molecule has 1 atom stereocenters. The molecule has 0 aliphatic heterocycles. The lowest BCUT2D eigenvalue weighted by atomic mass is 10.3. The first-order valence-corrected chi connectivity index (χ1v) is 4.55. The van der Waals surface area contributed by atoms with Gasteiger partial charge in [0.2, 0.25) is 0 Å². The van der Waals surface area contributed by atoms with E-state index >= 15 is 0 Å². The van der Waals surface area contributed by atoms with Crippen LogP contribution in [0.2, 0.25) is 0 Å². The number of aryl methyl sites for hydroxylation is 1. The van der Waals surface area contributed by atoms with E-state index in [-0.39, 0.29) is 6.54 Å². The Kier molecular flexibility index (Phi) is 4.05.